The van der Waals surface area contributed by atoms with Crippen LogP contribution in [-0.4, -0.2) is 26.0 Å². The molecule has 0 saturated carbocycles. The van der Waals surface area contributed by atoms with Gasteiger partial charge in [0.25, 0.3) is 0 Å². The molecule has 0 amide bonds. The largest absolute Gasteiger partial charge is 0.495 e. The summed E-state index contributed by atoms with van der Waals surface area (Å²) in [5.41, 5.74) is 1.49. The van der Waals surface area contributed by atoms with Gasteiger partial charge in [0.1, 0.15) is 5.75 Å². The molecule has 0 unspecified atom stereocenters. The van der Waals surface area contributed by atoms with Crippen LogP contribution in [0.2, 0.25) is 0 Å². The highest BCUT2D eigenvalue weighted by Crippen LogP contribution is 2.34. The van der Waals surface area contributed by atoms with Gasteiger partial charge in [-0.2, -0.15) is 0 Å². The van der Waals surface area contributed by atoms with Gasteiger partial charge in [-0.15, -0.1) is 0 Å². The van der Waals surface area contributed by atoms with E-state index in [2.05, 4.69) is 53.9 Å². The molecular weight excluding hydrogens is 290 g/mol. The van der Waals surface area contributed by atoms with Crippen molar-refractivity contribution in [2.24, 2.45) is 5.41 Å². The smallest absolute Gasteiger partial charge is 0.142 e. The first-order chi connectivity index (χ1) is 8.62. The summed E-state index contributed by atoms with van der Waals surface area (Å²) in [5.74, 6) is 0.940. The highest BCUT2D eigenvalue weighted by atomic mass is 79.9. The fraction of sp³-hybridized carbons (Fsp3) is 0.600. The number of hydrogen-bond donors (Lipinski definition) is 0. The molecule has 1 aromatic rings. The standard InChI is InChI=1S/C15H24BrNO/c1-5-15(6-2,11-16)12-17(3)13-9-7-8-10-14(13)18-4/h7-10H,5-6,11-12H2,1-4H3. The van der Waals surface area contributed by atoms with Crippen molar-refractivity contribution in [3.63, 3.8) is 0 Å². The van der Waals surface area contributed by atoms with Gasteiger partial charge in [-0.05, 0) is 30.4 Å². The van der Waals surface area contributed by atoms with Crippen LogP contribution in [0.5, 0.6) is 5.75 Å². The first-order valence-electron chi connectivity index (χ1n) is 6.52. The van der Waals surface area contributed by atoms with E-state index in [-0.39, 0.29) is 0 Å². The Balaban J connectivity index is 2.90. The zero-order valence-electron chi connectivity index (χ0n) is 11.9. The second-order valence-corrected chi connectivity index (χ2v) is 5.43. The van der Waals surface area contributed by atoms with Crippen molar-refractivity contribution >= 4 is 21.6 Å². The van der Waals surface area contributed by atoms with Crippen LogP contribution in [0.25, 0.3) is 0 Å². The average Bonchev–Trinajstić information content (AvgIpc) is 2.44. The van der Waals surface area contributed by atoms with E-state index in [9.17, 15) is 0 Å². The highest BCUT2D eigenvalue weighted by molar-refractivity contribution is 9.09. The Morgan fingerprint density at radius 2 is 1.83 bits per heavy atom. The van der Waals surface area contributed by atoms with E-state index in [4.69, 9.17) is 4.74 Å². The van der Waals surface area contributed by atoms with Gasteiger partial charge in [0.15, 0.2) is 0 Å². The van der Waals surface area contributed by atoms with Gasteiger partial charge in [-0.1, -0.05) is 41.9 Å². The lowest BCUT2D eigenvalue weighted by molar-refractivity contribution is 0.315. The Kier molecular flexibility index (Phi) is 6.00. The molecule has 1 aromatic carbocycles. The highest BCUT2D eigenvalue weighted by Gasteiger charge is 2.27. The van der Waals surface area contributed by atoms with Crippen LogP contribution >= 0.6 is 15.9 Å². The Bertz CT molecular complexity index is 355. The van der Waals surface area contributed by atoms with Gasteiger partial charge in [0, 0.05) is 18.9 Å². The number of halogens is 1. The normalized spacial score (nSPS) is 11.4. The molecule has 0 N–H and O–H groups in total. The minimum absolute atomic E-state index is 0.329. The Morgan fingerprint density at radius 3 is 2.33 bits per heavy atom. The first kappa shape index (κ1) is 15.4. The number of anilines is 1. The number of nitrogens with zero attached hydrogens (tertiary/aromatic N) is 1. The van der Waals surface area contributed by atoms with E-state index in [0.29, 0.717) is 5.41 Å². The molecule has 0 aliphatic heterocycles. The molecule has 0 aliphatic carbocycles. The van der Waals surface area contributed by atoms with Crippen LogP contribution in [-0.2, 0) is 0 Å². The Hall–Kier alpha value is -0.700. The van der Waals surface area contributed by atoms with Gasteiger partial charge >= 0.3 is 0 Å². The summed E-state index contributed by atoms with van der Waals surface area (Å²) < 4.78 is 5.43. The lowest BCUT2D eigenvalue weighted by Gasteiger charge is -2.35. The summed E-state index contributed by atoms with van der Waals surface area (Å²) in [6.07, 6.45) is 2.35. The van der Waals surface area contributed by atoms with E-state index >= 15 is 0 Å². The maximum absolute atomic E-state index is 5.43. The van der Waals surface area contributed by atoms with E-state index in [1.807, 2.05) is 12.1 Å². The molecule has 0 aromatic heterocycles. The van der Waals surface area contributed by atoms with Gasteiger partial charge < -0.3 is 9.64 Å². The number of benzene rings is 1. The van der Waals surface area contributed by atoms with Crippen LogP contribution in [0.15, 0.2) is 24.3 Å². The maximum Gasteiger partial charge on any atom is 0.142 e. The van der Waals surface area contributed by atoms with Crippen molar-refractivity contribution in [2.45, 2.75) is 26.7 Å². The van der Waals surface area contributed by atoms with Gasteiger partial charge in [-0.25, -0.2) is 0 Å². The van der Waals surface area contributed by atoms with Gasteiger partial charge in [0.05, 0.1) is 12.8 Å². The lowest BCUT2D eigenvalue weighted by atomic mass is 9.84. The van der Waals surface area contributed by atoms with E-state index in [1.165, 1.54) is 12.8 Å². The molecular formula is C15H24BrNO. The van der Waals surface area contributed by atoms with E-state index in [1.54, 1.807) is 7.11 Å². The van der Waals surface area contributed by atoms with E-state index < -0.39 is 0 Å². The molecule has 1 rings (SSSR count). The third-order valence-corrected chi connectivity index (χ3v) is 5.04. The SMILES string of the molecule is CCC(CC)(CBr)CN(C)c1ccccc1OC. The maximum atomic E-state index is 5.43. The van der Waals surface area contributed by atoms with Crippen LogP contribution in [0.3, 0.4) is 0 Å². The number of hydrogen-bond acceptors (Lipinski definition) is 2. The first-order valence-corrected chi connectivity index (χ1v) is 7.64. The third-order valence-electron chi connectivity index (χ3n) is 3.85. The third kappa shape index (κ3) is 3.41. The van der Waals surface area contributed by atoms with Crippen molar-refractivity contribution in [1.29, 1.82) is 0 Å². The zero-order valence-corrected chi connectivity index (χ0v) is 13.5. The van der Waals surface area contributed by atoms with Crippen LogP contribution in [0.1, 0.15) is 26.7 Å². The van der Waals surface area contributed by atoms with Crippen LogP contribution in [0.4, 0.5) is 5.69 Å². The lowest BCUT2D eigenvalue weighted by Crippen LogP contribution is -2.36. The average molecular weight is 314 g/mol. The number of para-hydroxylation sites is 2. The minimum atomic E-state index is 0.329. The zero-order chi connectivity index (χ0) is 13.6. The van der Waals surface area contributed by atoms with Crippen molar-refractivity contribution < 1.29 is 4.74 Å². The Morgan fingerprint density at radius 1 is 1.22 bits per heavy atom. The van der Waals surface area contributed by atoms with Crippen molar-refractivity contribution in [1.82, 2.24) is 0 Å². The second-order valence-electron chi connectivity index (χ2n) is 4.87. The molecule has 0 radical (unpaired) electrons. The summed E-state index contributed by atoms with van der Waals surface area (Å²) in [6.45, 7) is 5.56. The topological polar surface area (TPSA) is 12.5 Å². The molecule has 3 heteroatoms. The predicted molar refractivity (Wildman–Crippen MR) is 83.1 cm³/mol. The number of methoxy groups -OCH3 is 1. The van der Waals surface area contributed by atoms with Crippen molar-refractivity contribution in [3.8, 4) is 5.75 Å². The second kappa shape index (κ2) is 7.03. The van der Waals surface area contributed by atoms with E-state index in [0.717, 1.165) is 23.3 Å². The molecule has 0 aliphatic rings. The molecule has 0 spiro atoms. The molecule has 0 fully saturated rings. The number of ether oxygens (including phenoxy) is 1. The van der Waals surface area contributed by atoms with Crippen LogP contribution < -0.4 is 9.64 Å². The molecule has 0 saturated heterocycles. The molecule has 0 atom stereocenters. The molecule has 18 heavy (non-hydrogen) atoms. The minimum Gasteiger partial charge on any atom is -0.495 e. The summed E-state index contributed by atoms with van der Waals surface area (Å²) in [5, 5.41) is 1.03. The molecule has 2 nitrogen and oxygen atoms in total. The van der Waals surface area contributed by atoms with Crippen molar-refractivity contribution in [2.75, 3.05) is 30.9 Å². The monoisotopic (exact) mass is 313 g/mol. The predicted octanol–water partition coefficient (Wildman–Crippen LogP) is 4.33. The van der Waals surface area contributed by atoms with Crippen LogP contribution in [0, 0.1) is 5.41 Å². The summed E-state index contributed by atoms with van der Waals surface area (Å²) >= 11 is 3.67. The summed E-state index contributed by atoms with van der Waals surface area (Å²) in [4.78, 5) is 2.30. The molecule has 102 valence electrons. The Labute approximate surface area is 119 Å². The van der Waals surface area contributed by atoms with Gasteiger partial charge in [-0.3, -0.25) is 0 Å². The van der Waals surface area contributed by atoms with Crippen molar-refractivity contribution in [3.05, 3.63) is 24.3 Å². The molecule has 0 heterocycles. The van der Waals surface area contributed by atoms with Gasteiger partial charge in [0.2, 0.25) is 0 Å². The quantitative estimate of drug-likeness (QED) is 0.695. The summed E-state index contributed by atoms with van der Waals surface area (Å²) in [6, 6.07) is 8.19. The number of alkyl halides is 1. The summed E-state index contributed by atoms with van der Waals surface area (Å²) in [7, 11) is 3.87. The fourth-order valence-electron chi connectivity index (χ4n) is 2.24. The molecule has 0 bridgehead atoms. The number of rotatable bonds is 7. The fourth-order valence-corrected chi connectivity index (χ4v) is 3.21.